The van der Waals surface area contributed by atoms with Crippen molar-refractivity contribution in [1.82, 2.24) is 0 Å². The number of alkyl halides is 4. The monoisotopic (exact) mass is 616 g/mol. The van der Waals surface area contributed by atoms with Crippen LogP contribution in [0.3, 0.4) is 0 Å². The summed E-state index contributed by atoms with van der Waals surface area (Å²) in [4.78, 5) is 2.71. The van der Waals surface area contributed by atoms with Crippen molar-refractivity contribution in [2.45, 2.75) is 20.5 Å². The lowest BCUT2D eigenvalue weighted by Crippen LogP contribution is -1.81. The molecule has 2 aromatic carbocycles. The van der Waals surface area contributed by atoms with Crippen LogP contribution in [0.1, 0.15) is 11.1 Å². The van der Waals surface area contributed by atoms with Crippen molar-refractivity contribution in [3.05, 3.63) is 59.7 Å². The van der Waals surface area contributed by atoms with Gasteiger partial charge in [0.2, 0.25) is 0 Å². The summed E-state index contributed by atoms with van der Waals surface area (Å²) in [5.41, 5.74) is 2.68. The van der Waals surface area contributed by atoms with Crippen LogP contribution < -0.4 is 0 Å². The third-order valence-electron chi connectivity index (χ3n) is 2.80. The predicted octanol–water partition coefficient (Wildman–Crippen LogP) is 8.14. The van der Waals surface area contributed by atoms with Gasteiger partial charge in [-0.25, -0.2) is 0 Å². The topological polar surface area (TPSA) is 0 Å². The van der Waals surface area contributed by atoms with Crippen LogP contribution in [-0.2, 0) is 10.7 Å². The largest absolute Gasteiger partial charge is 0.125 e. The summed E-state index contributed by atoms with van der Waals surface area (Å²) in [7, 11) is 0. The quantitative estimate of drug-likeness (QED) is 0.216. The van der Waals surface area contributed by atoms with E-state index in [0.29, 0.717) is 0 Å². The predicted molar refractivity (Wildman–Crippen MR) is 127 cm³/mol. The summed E-state index contributed by atoms with van der Waals surface area (Å²) in [5.74, 6) is 2.26. The molecule has 0 amide bonds. The van der Waals surface area contributed by atoms with Gasteiger partial charge in [-0.3, -0.25) is 0 Å². The lowest BCUT2D eigenvalue weighted by molar-refractivity contribution is 1.34. The van der Waals surface area contributed by atoms with Crippen LogP contribution in [0, 0.1) is 0 Å². The van der Waals surface area contributed by atoms with Crippen molar-refractivity contribution < 1.29 is 0 Å². The Morgan fingerprint density at radius 1 is 0.625 bits per heavy atom. The van der Waals surface area contributed by atoms with Crippen LogP contribution in [-0.4, -0.2) is 22.2 Å². The molecule has 0 bridgehead atoms. The molecule has 0 aliphatic heterocycles. The highest BCUT2D eigenvalue weighted by Crippen LogP contribution is 2.21. The fraction of sp³-hybridized carbons (Fsp3) is 0.333. The molecular formula is C18H20Br4S2. The van der Waals surface area contributed by atoms with Crippen molar-refractivity contribution in [2.24, 2.45) is 0 Å². The first kappa shape index (κ1) is 23.1. The fourth-order valence-electron chi connectivity index (χ4n) is 1.75. The molecule has 132 valence electrons. The minimum absolute atomic E-state index is 0.940. The van der Waals surface area contributed by atoms with Crippen molar-refractivity contribution >= 4 is 87.2 Å². The molecule has 6 heteroatoms. The Kier molecular flexibility index (Phi) is 14.6. The van der Waals surface area contributed by atoms with Gasteiger partial charge >= 0.3 is 0 Å². The number of thioether (sulfide) groups is 2. The molecule has 0 radical (unpaired) electrons. The lowest BCUT2D eigenvalue weighted by atomic mass is 10.2. The van der Waals surface area contributed by atoms with Gasteiger partial charge in [0.15, 0.2) is 0 Å². The van der Waals surface area contributed by atoms with Crippen LogP contribution in [0.25, 0.3) is 0 Å². The van der Waals surface area contributed by atoms with Crippen molar-refractivity contribution in [1.29, 1.82) is 0 Å². The van der Waals surface area contributed by atoms with E-state index in [1.165, 1.54) is 20.9 Å². The summed E-state index contributed by atoms with van der Waals surface area (Å²) < 4.78 is 0. The van der Waals surface area contributed by atoms with Crippen molar-refractivity contribution in [2.75, 3.05) is 22.2 Å². The molecule has 0 aliphatic rings. The van der Waals surface area contributed by atoms with Crippen LogP contribution in [0.4, 0.5) is 0 Å². The molecule has 0 fully saturated rings. The smallest absolute Gasteiger partial charge is 0.0283 e. The molecule has 0 spiro atoms. The first-order valence-corrected chi connectivity index (χ1v) is 13.9. The Morgan fingerprint density at radius 2 is 1.04 bits per heavy atom. The molecule has 0 N–H and O–H groups in total. The molecule has 24 heavy (non-hydrogen) atoms. The zero-order valence-corrected chi connectivity index (χ0v) is 21.2. The maximum Gasteiger partial charge on any atom is 0.0283 e. The number of rotatable bonds is 8. The van der Waals surface area contributed by atoms with Gasteiger partial charge in [0.05, 0.1) is 0 Å². The Hall–Kier alpha value is 1.06. The van der Waals surface area contributed by atoms with E-state index in [4.69, 9.17) is 0 Å². The molecule has 0 heterocycles. The van der Waals surface area contributed by atoms with Gasteiger partial charge in [0.1, 0.15) is 0 Å². The molecule has 0 saturated heterocycles. The zero-order valence-electron chi connectivity index (χ0n) is 13.2. The maximum atomic E-state index is 3.44. The molecular weight excluding hydrogens is 600 g/mol. The molecule has 0 atom stereocenters. The van der Waals surface area contributed by atoms with Gasteiger partial charge in [-0.1, -0.05) is 88.0 Å². The molecule has 2 aromatic rings. The van der Waals surface area contributed by atoms with E-state index in [0.717, 1.165) is 32.8 Å². The maximum absolute atomic E-state index is 3.44. The van der Waals surface area contributed by atoms with Crippen molar-refractivity contribution in [3.8, 4) is 0 Å². The van der Waals surface area contributed by atoms with E-state index < -0.39 is 0 Å². The Balaban J connectivity index is 0.000000240. The first-order valence-electron chi connectivity index (χ1n) is 7.40. The minimum Gasteiger partial charge on any atom is -0.125 e. The number of benzene rings is 2. The second-order valence-corrected chi connectivity index (χ2v) is 9.68. The Morgan fingerprint density at radius 3 is 1.38 bits per heavy atom. The molecule has 0 nitrogen and oxygen atoms in total. The fourth-order valence-corrected chi connectivity index (χ4v) is 4.86. The van der Waals surface area contributed by atoms with E-state index in [1.807, 2.05) is 23.5 Å². The molecule has 2 rings (SSSR count). The Bertz CT molecular complexity index is 527. The summed E-state index contributed by atoms with van der Waals surface area (Å²) in [5, 5.41) is 3.98. The van der Waals surface area contributed by atoms with Gasteiger partial charge in [-0.05, 0) is 35.4 Å². The van der Waals surface area contributed by atoms with E-state index >= 15 is 0 Å². The average molecular weight is 620 g/mol. The van der Waals surface area contributed by atoms with Crippen molar-refractivity contribution in [3.63, 3.8) is 0 Å². The highest BCUT2D eigenvalue weighted by Gasteiger charge is 1.95. The third-order valence-corrected chi connectivity index (χ3v) is 7.93. The average Bonchev–Trinajstić information content (AvgIpc) is 2.65. The summed E-state index contributed by atoms with van der Waals surface area (Å²) >= 11 is 17.5. The zero-order chi connectivity index (χ0) is 17.6. The van der Waals surface area contributed by atoms with Gasteiger partial charge in [0.25, 0.3) is 0 Å². The molecule has 0 unspecified atom stereocenters. The summed E-state index contributed by atoms with van der Waals surface area (Å²) in [6.45, 7) is 0. The standard InChI is InChI=1S/2C9H10Br2S/c2*10-4-5-12-9-3-1-2-8(6-9)7-11/h2*1-3,6H,4-5,7H2. The normalized spacial score (nSPS) is 10.2. The minimum atomic E-state index is 0.940. The van der Waals surface area contributed by atoms with Gasteiger partial charge < -0.3 is 0 Å². The van der Waals surface area contributed by atoms with Crippen LogP contribution in [0.2, 0.25) is 0 Å². The number of hydrogen-bond donors (Lipinski definition) is 0. The van der Waals surface area contributed by atoms with E-state index in [2.05, 4.69) is 112 Å². The summed E-state index contributed by atoms with van der Waals surface area (Å²) in [6.07, 6.45) is 0. The summed E-state index contributed by atoms with van der Waals surface area (Å²) in [6, 6.07) is 17.2. The molecule has 0 saturated carbocycles. The lowest BCUT2D eigenvalue weighted by Gasteiger charge is -2.00. The van der Waals surface area contributed by atoms with Crippen LogP contribution in [0.5, 0.6) is 0 Å². The van der Waals surface area contributed by atoms with Gasteiger partial charge in [-0.2, -0.15) is 0 Å². The molecule has 0 aromatic heterocycles. The van der Waals surface area contributed by atoms with Crippen LogP contribution in [0.15, 0.2) is 58.3 Å². The first-order chi connectivity index (χ1) is 11.7. The Labute approximate surface area is 187 Å². The van der Waals surface area contributed by atoms with E-state index in [9.17, 15) is 0 Å². The van der Waals surface area contributed by atoms with Gasteiger partial charge in [0, 0.05) is 42.6 Å². The SMILES string of the molecule is BrCCSc1cccc(CBr)c1.BrCCSc1cccc(CBr)c1. The van der Waals surface area contributed by atoms with Gasteiger partial charge in [-0.15, -0.1) is 23.5 Å². The highest BCUT2D eigenvalue weighted by atomic mass is 79.9. The second kappa shape index (κ2) is 15.2. The third kappa shape index (κ3) is 10.3. The molecule has 0 aliphatic carbocycles. The number of hydrogen-bond acceptors (Lipinski definition) is 2. The van der Waals surface area contributed by atoms with E-state index in [-0.39, 0.29) is 0 Å². The second-order valence-electron chi connectivity index (χ2n) is 4.64. The van der Waals surface area contributed by atoms with E-state index in [1.54, 1.807) is 0 Å². The highest BCUT2D eigenvalue weighted by molar-refractivity contribution is 9.09. The van der Waals surface area contributed by atoms with Crippen LogP contribution >= 0.6 is 87.2 Å². The number of halogens is 4.